The van der Waals surface area contributed by atoms with E-state index in [4.69, 9.17) is 15.3 Å². The van der Waals surface area contributed by atoms with E-state index in [0.717, 1.165) is 11.4 Å². The summed E-state index contributed by atoms with van der Waals surface area (Å²) in [6.45, 7) is 2.13. The maximum atomic E-state index is 8.12. The molecule has 2 rings (SSSR count). The normalized spacial score (nSPS) is 9.00. The fourth-order valence-electron chi connectivity index (χ4n) is 1.46. The molecule has 0 aliphatic heterocycles. The maximum absolute atomic E-state index is 8.12. The predicted octanol–water partition coefficient (Wildman–Crippen LogP) is 2.98. The highest BCUT2D eigenvalue weighted by atomic mass is 32.1. The summed E-state index contributed by atoms with van der Waals surface area (Å²) in [6.07, 6.45) is 1.26. The third kappa shape index (κ3) is 3.55. The largest absolute Gasteiger partial charge is 0.390 e. The number of carbonyl (C=O) groups excluding carboxylic acids is 2. The van der Waals surface area contributed by atoms with Crippen LogP contribution in [0.15, 0.2) is 36.4 Å². The number of benzene rings is 1. The fourth-order valence-corrected chi connectivity index (χ4v) is 2.49. The third-order valence-corrected chi connectivity index (χ3v) is 3.34. The van der Waals surface area contributed by atoms with Gasteiger partial charge >= 0.3 is 6.15 Å². The van der Waals surface area contributed by atoms with E-state index in [2.05, 4.69) is 37.3 Å². The first-order valence-electron chi connectivity index (χ1n) is 5.15. The van der Waals surface area contributed by atoms with E-state index < -0.39 is 0 Å². The highest BCUT2D eigenvalue weighted by Gasteiger charge is 2.05. The second-order valence-electron chi connectivity index (χ2n) is 3.30. The molecule has 17 heavy (non-hydrogen) atoms. The number of rotatable bonds is 2. The van der Waals surface area contributed by atoms with Gasteiger partial charge in [0.15, 0.2) is 0 Å². The van der Waals surface area contributed by atoms with Gasteiger partial charge in [0.25, 0.3) is 0 Å². The first kappa shape index (κ1) is 13.2. The van der Waals surface area contributed by atoms with E-state index in [9.17, 15) is 0 Å². The van der Waals surface area contributed by atoms with Gasteiger partial charge in [-0.1, -0.05) is 37.3 Å². The van der Waals surface area contributed by atoms with Crippen LogP contribution in [0.5, 0.6) is 0 Å². The summed E-state index contributed by atoms with van der Waals surface area (Å²) in [7, 11) is 0. The van der Waals surface area contributed by atoms with Gasteiger partial charge in [0, 0.05) is 4.88 Å². The molecule has 0 radical (unpaired) electrons. The SMILES string of the molecule is CCc1cc(-c2ccccc2)sc1N.O=C=O. The minimum atomic E-state index is 0.250. The molecule has 0 saturated carbocycles. The van der Waals surface area contributed by atoms with Crippen LogP contribution in [0.2, 0.25) is 0 Å². The van der Waals surface area contributed by atoms with Crippen LogP contribution in [0.3, 0.4) is 0 Å². The molecular weight excluding hydrogens is 234 g/mol. The molecule has 0 spiro atoms. The van der Waals surface area contributed by atoms with Crippen molar-refractivity contribution in [3.8, 4) is 10.4 Å². The molecule has 0 atom stereocenters. The lowest BCUT2D eigenvalue weighted by Crippen LogP contribution is -1.83. The van der Waals surface area contributed by atoms with Gasteiger partial charge in [0.05, 0.1) is 5.00 Å². The number of hydrogen-bond donors (Lipinski definition) is 1. The number of nitrogen functional groups attached to an aromatic ring is 1. The van der Waals surface area contributed by atoms with Crippen molar-refractivity contribution in [2.75, 3.05) is 5.73 Å². The number of hydrogen-bond acceptors (Lipinski definition) is 4. The third-order valence-electron chi connectivity index (χ3n) is 2.28. The summed E-state index contributed by atoms with van der Waals surface area (Å²) in [5.41, 5.74) is 8.42. The molecule has 1 heterocycles. The van der Waals surface area contributed by atoms with Crippen molar-refractivity contribution in [1.29, 1.82) is 0 Å². The highest BCUT2D eigenvalue weighted by molar-refractivity contribution is 7.19. The number of anilines is 1. The van der Waals surface area contributed by atoms with Gasteiger partial charge in [-0.3, -0.25) is 0 Å². The Bertz CT molecular complexity index is 499. The van der Waals surface area contributed by atoms with Gasteiger partial charge in [-0.05, 0) is 23.6 Å². The van der Waals surface area contributed by atoms with E-state index in [1.165, 1.54) is 16.0 Å². The van der Waals surface area contributed by atoms with Gasteiger partial charge < -0.3 is 5.73 Å². The van der Waals surface area contributed by atoms with Crippen LogP contribution in [-0.4, -0.2) is 6.15 Å². The molecule has 0 bridgehead atoms. The molecule has 3 nitrogen and oxygen atoms in total. The van der Waals surface area contributed by atoms with E-state index >= 15 is 0 Å². The molecule has 0 fully saturated rings. The molecule has 2 aromatic rings. The van der Waals surface area contributed by atoms with E-state index in [1.54, 1.807) is 11.3 Å². The Balaban J connectivity index is 0.000000437. The van der Waals surface area contributed by atoms with Gasteiger partial charge in [-0.2, -0.15) is 9.59 Å². The van der Waals surface area contributed by atoms with Crippen LogP contribution in [0.4, 0.5) is 5.00 Å². The van der Waals surface area contributed by atoms with Crippen molar-refractivity contribution in [2.45, 2.75) is 13.3 Å². The Morgan fingerprint density at radius 1 is 1.24 bits per heavy atom. The molecule has 1 aromatic carbocycles. The molecule has 0 saturated heterocycles. The lowest BCUT2D eigenvalue weighted by molar-refractivity contribution is -0.191. The zero-order valence-electron chi connectivity index (χ0n) is 9.47. The topological polar surface area (TPSA) is 60.2 Å². The predicted molar refractivity (Wildman–Crippen MR) is 68.6 cm³/mol. The summed E-state index contributed by atoms with van der Waals surface area (Å²) in [5, 5.41) is 0.950. The van der Waals surface area contributed by atoms with Gasteiger partial charge in [-0.25, -0.2) is 0 Å². The molecule has 1 aromatic heterocycles. The molecule has 0 aliphatic rings. The molecule has 0 amide bonds. The van der Waals surface area contributed by atoms with Crippen molar-refractivity contribution >= 4 is 22.5 Å². The van der Waals surface area contributed by atoms with Crippen LogP contribution in [0.25, 0.3) is 10.4 Å². The van der Waals surface area contributed by atoms with Crippen LogP contribution in [-0.2, 0) is 16.0 Å². The lowest BCUT2D eigenvalue weighted by Gasteiger charge is -1.93. The number of nitrogens with two attached hydrogens (primary N) is 1. The summed E-state index contributed by atoms with van der Waals surface area (Å²) >= 11 is 1.67. The Morgan fingerprint density at radius 3 is 2.29 bits per heavy atom. The molecule has 4 heteroatoms. The zero-order chi connectivity index (χ0) is 12.7. The second-order valence-corrected chi connectivity index (χ2v) is 4.39. The van der Waals surface area contributed by atoms with Crippen LogP contribution in [0.1, 0.15) is 12.5 Å². The monoisotopic (exact) mass is 247 g/mol. The highest BCUT2D eigenvalue weighted by Crippen LogP contribution is 2.33. The average molecular weight is 247 g/mol. The Kier molecular flexibility index (Phi) is 5.14. The lowest BCUT2D eigenvalue weighted by atomic mass is 10.1. The minimum absolute atomic E-state index is 0.250. The first-order chi connectivity index (χ1) is 8.22. The quantitative estimate of drug-likeness (QED) is 0.887. The van der Waals surface area contributed by atoms with Gasteiger partial charge in [0.2, 0.25) is 0 Å². The Labute approximate surface area is 104 Å². The van der Waals surface area contributed by atoms with E-state index in [0.29, 0.717) is 0 Å². The van der Waals surface area contributed by atoms with Crippen molar-refractivity contribution in [3.05, 3.63) is 42.0 Å². The Hall–Kier alpha value is -1.90. The molecule has 0 unspecified atom stereocenters. The fraction of sp³-hybridized carbons (Fsp3) is 0.154. The van der Waals surface area contributed by atoms with Crippen LogP contribution >= 0.6 is 11.3 Å². The molecule has 88 valence electrons. The second kappa shape index (κ2) is 6.63. The molecule has 2 N–H and O–H groups in total. The standard InChI is InChI=1S/C12H13NS.CO2/c1-2-9-8-11(14-12(9)13)10-6-4-3-5-7-10;2-1-3/h3-8H,2,13H2,1H3;. The van der Waals surface area contributed by atoms with Crippen molar-refractivity contribution < 1.29 is 9.59 Å². The summed E-state index contributed by atoms with van der Waals surface area (Å²) in [4.78, 5) is 17.5. The van der Waals surface area contributed by atoms with E-state index in [-0.39, 0.29) is 6.15 Å². The van der Waals surface area contributed by atoms with Crippen molar-refractivity contribution in [3.63, 3.8) is 0 Å². The summed E-state index contributed by atoms with van der Waals surface area (Å²) in [5.74, 6) is 0. The molecule has 0 aliphatic carbocycles. The summed E-state index contributed by atoms with van der Waals surface area (Å²) < 4.78 is 0. The van der Waals surface area contributed by atoms with Gasteiger partial charge in [-0.15, -0.1) is 11.3 Å². The zero-order valence-corrected chi connectivity index (χ0v) is 10.3. The van der Waals surface area contributed by atoms with Crippen LogP contribution in [0, 0.1) is 0 Å². The van der Waals surface area contributed by atoms with Crippen molar-refractivity contribution in [2.24, 2.45) is 0 Å². The van der Waals surface area contributed by atoms with E-state index in [1.807, 2.05) is 6.07 Å². The van der Waals surface area contributed by atoms with Gasteiger partial charge in [0.1, 0.15) is 0 Å². The Morgan fingerprint density at radius 2 is 1.82 bits per heavy atom. The average Bonchev–Trinajstić information content (AvgIpc) is 2.73. The van der Waals surface area contributed by atoms with Crippen molar-refractivity contribution in [1.82, 2.24) is 0 Å². The number of thiophene rings is 1. The molecular formula is C13H13NO2S. The number of aryl methyl sites for hydroxylation is 1. The van der Waals surface area contributed by atoms with Crippen LogP contribution < -0.4 is 5.73 Å². The first-order valence-corrected chi connectivity index (χ1v) is 5.97. The summed E-state index contributed by atoms with van der Waals surface area (Å²) in [6, 6.07) is 12.6. The smallest absolute Gasteiger partial charge is 0.373 e. The minimum Gasteiger partial charge on any atom is -0.390 e. The maximum Gasteiger partial charge on any atom is 0.373 e.